The number of piperazine rings is 1. The molecular weight excluding hydrogens is 372 g/mol. The van der Waals surface area contributed by atoms with E-state index in [1.165, 1.54) is 13.8 Å². The number of methoxy groups -OCH3 is 1. The minimum Gasteiger partial charge on any atom is -0.497 e. The number of carbonyl (C=O) groups is 2. The third-order valence-corrected chi connectivity index (χ3v) is 4.99. The first-order valence-corrected chi connectivity index (χ1v) is 9.51. The number of carboxylic acid groups (broad SMARTS) is 1. The van der Waals surface area contributed by atoms with Gasteiger partial charge >= 0.3 is 5.97 Å². The molecule has 2 aromatic rings. The Labute approximate surface area is 170 Å². The van der Waals surface area contributed by atoms with Crippen molar-refractivity contribution in [1.82, 2.24) is 4.90 Å². The average molecular weight is 398 g/mol. The van der Waals surface area contributed by atoms with Gasteiger partial charge in [-0.15, -0.1) is 0 Å². The molecule has 0 saturated carbocycles. The molecule has 1 fully saturated rings. The van der Waals surface area contributed by atoms with Gasteiger partial charge in [-0.1, -0.05) is 0 Å². The van der Waals surface area contributed by atoms with Crippen LogP contribution in [0.5, 0.6) is 11.5 Å². The fraction of sp³-hybridized carbons (Fsp3) is 0.364. The summed E-state index contributed by atoms with van der Waals surface area (Å²) in [5.74, 6) is 0.242. The van der Waals surface area contributed by atoms with Crippen molar-refractivity contribution >= 4 is 17.6 Å². The van der Waals surface area contributed by atoms with Crippen LogP contribution in [0.15, 0.2) is 48.5 Å². The number of carbonyl (C=O) groups excluding carboxylic acids is 1. The lowest BCUT2D eigenvalue weighted by Gasteiger charge is -2.36. The fourth-order valence-corrected chi connectivity index (χ4v) is 3.15. The SMILES string of the molecule is COc1ccc(C(=O)N2CCN(c3ccc(OC(C)(C)C(=O)O)cc3)CC2)cc1. The van der Waals surface area contributed by atoms with Gasteiger partial charge in [0.1, 0.15) is 11.5 Å². The monoisotopic (exact) mass is 398 g/mol. The van der Waals surface area contributed by atoms with Gasteiger partial charge in [0.25, 0.3) is 5.91 Å². The van der Waals surface area contributed by atoms with Crippen LogP contribution in [0.3, 0.4) is 0 Å². The molecule has 3 rings (SSSR count). The maximum atomic E-state index is 12.7. The minimum absolute atomic E-state index is 0.0203. The van der Waals surface area contributed by atoms with E-state index in [9.17, 15) is 9.59 Å². The van der Waals surface area contributed by atoms with Crippen LogP contribution in [-0.4, -0.2) is 60.8 Å². The largest absolute Gasteiger partial charge is 0.497 e. The lowest BCUT2D eigenvalue weighted by Crippen LogP contribution is -2.48. The zero-order valence-corrected chi connectivity index (χ0v) is 16.9. The first kappa shape index (κ1) is 20.5. The molecule has 0 aliphatic carbocycles. The highest BCUT2D eigenvalue weighted by Crippen LogP contribution is 2.24. The lowest BCUT2D eigenvalue weighted by molar-refractivity contribution is -0.152. The Bertz CT molecular complexity index is 854. The lowest BCUT2D eigenvalue weighted by atomic mass is 10.1. The van der Waals surface area contributed by atoms with Gasteiger partial charge in [0.2, 0.25) is 0 Å². The van der Waals surface area contributed by atoms with E-state index < -0.39 is 11.6 Å². The van der Waals surface area contributed by atoms with Gasteiger partial charge in [0, 0.05) is 37.4 Å². The third-order valence-electron chi connectivity index (χ3n) is 4.99. The fourth-order valence-electron chi connectivity index (χ4n) is 3.15. The number of ether oxygens (including phenoxy) is 2. The molecule has 29 heavy (non-hydrogen) atoms. The molecule has 0 unspecified atom stereocenters. The van der Waals surface area contributed by atoms with E-state index in [0.29, 0.717) is 24.4 Å². The van der Waals surface area contributed by atoms with Gasteiger partial charge in [-0.2, -0.15) is 0 Å². The highest BCUT2D eigenvalue weighted by atomic mass is 16.5. The van der Waals surface area contributed by atoms with E-state index in [1.807, 2.05) is 17.0 Å². The Hall–Kier alpha value is -3.22. The van der Waals surface area contributed by atoms with E-state index in [1.54, 1.807) is 43.5 Å². The molecule has 0 spiro atoms. The number of amides is 1. The molecule has 0 radical (unpaired) electrons. The zero-order valence-electron chi connectivity index (χ0n) is 16.9. The van der Waals surface area contributed by atoms with Crippen molar-refractivity contribution in [3.8, 4) is 11.5 Å². The van der Waals surface area contributed by atoms with Crippen molar-refractivity contribution in [2.75, 3.05) is 38.2 Å². The molecule has 0 aromatic heterocycles. The Morgan fingerprint density at radius 1 is 0.897 bits per heavy atom. The number of hydrogen-bond acceptors (Lipinski definition) is 5. The first-order valence-electron chi connectivity index (χ1n) is 9.51. The molecule has 7 heteroatoms. The van der Waals surface area contributed by atoms with Crippen LogP contribution in [0.1, 0.15) is 24.2 Å². The van der Waals surface area contributed by atoms with Crippen molar-refractivity contribution in [3.05, 3.63) is 54.1 Å². The standard InChI is InChI=1S/C22H26N2O5/c1-22(2,21(26)27)29-19-10-6-17(7-11-19)23-12-14-24(15-13-23)20(25)16-4-8-18(28-3)9-5-16/h4-11H,12-15H2,1-3H3,(H,26,27). The second-order valence-corrected chi connectivity index (χ2v) is 7.42. The predicted octanol–water partition coefficient (Wildman–Crippen LogP) is 2.90. The minimum atomic E-state index is -1.28. The number of aliphatic carboxylic acids is 1. The summed E-state index contributed by atoms with van der Waals surface area (Å²) >= 11 is 0. The summed E-state index contributed by atoms with van der Waals surface area (Å²) in [6.07, 6.45) is 0. The van der Waals surface area contributed by atoms with Crippen LogP contribution in [-0.2, 0) is 4.79 Å². The number of hydrogen-bond donors (Lipinski definition) is 1. The van der Waals surface area contributed by atoms with E-state index in [2.05, 4.69) is 4.90 Å². The Morgan fingerprint density at radius 2 is 1.45 bits per heavy atom. The summed E-state index contributed by atoms with van der Waals surface area (Å²) in [4.78, 5) is 27.9. The summed E-state index contributed by atoms with van der Waals surface area (Å²) < 4.78 is 10.7. The zero-order chi connectivity index (χ0) is 21.0. The van der Waals surface area contributed by atoms with Gasteiger partial charge in [-0.05, 0) is 62.4 Å². The molecule has 2 aromatic carbocycles. The quantitative estimate of drug-likeness (QED) is 0.806. The second kappa shape index (κ2) is 8.43. The van der Waals surface area contributed by atoms with Gasteiger partial charge < -0.3 is 24.4 Å². The van der Waals surface area contributed by atoms with E-state index in [0.717, 1.165) is 24.5 Å². The first-order chi connectivity index (χ1) is 13.8. The number of anilines is 1. The summed E-state index contributed by atoms with van der Waals surface area (Å²) in [5.41, 5.74) is 0.387. The van der Waals surface area contributed by atoms with Crippen molar-refractivity contribution < 1.29 is 24.2 Å². The highest BCUT2D eigenvalue weighted by molar-refractivity contribution is 5.94. The van der Waals surface area contributed by atoms with Gasteiger partial charge in [0.05, 0.1) is 7.11 Å². The summed E-state index contributed by atoms with van der Waals surface area (Å²) in [7, 11) is 1.60. The summed E-state index contributed by atoms with van der Waals surface area (Å²) in [6.45, 7) is 5.75. The third kappa shape index (κ3) is 4.80. The van der Waals surface area contributed by atoms with E-state index in [-0.39, 0.29) is 5.91 Å². The van der Waals surface area contributed by atoms with Gasteiger partial charge in [-0.25, -0.2) is 4.79 Å². The molecule has 1 heterocycles. The number of benzene rings is 2. The predicted molar refractivity (Wildman–Crippen MR) is 110 cm³/mol. The molecule has 0 bridgehead atoms. The summed E-state index contributed by atoms with van der Waals surface area (Å²) in [5, 5.41) is 9.17. The molecular formula is C22H26N2O5. The Morgan fingerprint density at radius 3 is 1.97 bits per heavy atom. The molecule has 0 atom stereocenters. The Balaban J connectivity index is 1.57. The van der Waals surface area contributed by atoms with Crippen LogP contribution < -0.4 is 14.4 Å². The Kier molecular flexibility index (Phi) is 5.96. The molecule has 1 N–H and O–H groups in total. The second-order valence-electron chi connectivity index (χ2n) is 7.42. The number of rotatable bonds is 6. The van der Waals surface area contributed by atoms with Crippen molar-refractivity contribution in [1.29, 1.82) is 0 Å². The van der Waals surface area contributed by atoms with Gasteiger partial charge in [0.15, 0.2) is 5.60 Å². The molecule has 1 aliphatic rings. The number of nitrogens with zero attached hydrogens (tertiary/aromatic N) is 2. The molecule has 7 nitrogen and oxygen atoms in total. The van der Waals surface area contributed by atoms with Crippen LogP contribution >= 0.6 is 0 Å². The number of carboxylic acids is 1. The maximum absolute atomic E-state index is 12.7. The normalized spacial score (nSPS) is 14.4. The smallest absolute Gasteiger partial charge is 0.347 e. The van der Waals surface area contributed by atoms with Crippen molar-refractivity contribution in [2.24, 2.45) is 0 Å². The van der Waals surface area contributed by atoms with Gasteiger partial charge in [-0.3, -0.25) is 4.79 Å². The van der Waals surface area contributed by atoms with Crippen molar-refractivity contribution in [3.63, 3.8) is 0 Å². The van der Waals surface area contributed by atoms with E-state index >= 15 is 0 Å². The molecule has 154 valence electrons. The average Bonchev–Trinajstić information content (AvgIpc) is 2.73. The van der Waals surface area contributed by atoms with E-state index in [4.69, 9.17) is 14.6 Å². The van der Waals surface area contributed by atoms with Crippen LogP contribution in [0, 0.1) is 0 Å². The molecule has 1 saturated heterocycles. The maximum Gasteiger partial charge on any atom is 0.347 e. The van der Waals surface area contributed by atoms with Crippen LogP contribution in [0.2, 0.25) is 0 Å². The summed E-state index contributed by atoms with van der Waals surface area (Å²) in [6, 6.07) is 14.5. The topological polar surface area (TPSA) is 79.3 Å². The molecule has 1 aliphatic heterocycles. The van der Waals surface area contributed by atoms with Crippen LogP contribution in [0.4, 0.5) is 5.69 Å². The molecule has 1 amide bonds. The van der Waals surface area contributed by atoms with Crippen LogP contribution in [0.25, 0.3) is 0 Å². The van der Waals surface area contributed by atoms with Crippen molar-refractivity contribution in [2.45, 2.75) is 19.4 Å². The highest BCUT2D eigenvalue weighted by Gasteiger charge is 2.29.